The Morgan fingerprint density at radius 2 is 1.79 bits per heavy atom. The molecule has 1 aliphatic heterocycles. The number of amides is 2. The Kier molecular flexibility index (Phi) is 3.71. The maximum absolute atomic E-state index is 12.2. The summed E-state index contributed by atoms with van der Waals surface area (Å²) < 4.78 is 4.86. The molecule has 2 amide bonds. The minimum atomic E-state index is -0.524. The molecule has 1 fully saturated rings. The van der Waals surface area contributed by atoms with Crippen molar-refractivity contribution < 1.29 is 19.1 Å². The van der Waals surface area contributed by atoms with Crippen molar-refractivity contribution in [1.82, 2.24) is 0 Å². The van der Waals surface area contributed by atoms with Gasteiger partial charge < -0.3 is 4.74 Å². The maximum atomic E-state index is 12.2. The van der Waals surface area contributed by atoms with E-state index in [4.69, 9.17) is 4.74 Å². The van der Waals surface area contributed by atoms with Crippen LogP contribution >= 0.6 is 11.8 Å². The Hall–Kier alpha value is -2.08. The van der Waals surface area contributed by atoms with E-state index in [1.165, 1.54) is 13.8 Å². The molecule has 1 aliphatic rings. The number of carbonyl (C=O) groups excluding carboxylic acids is 3. The van der Waals surface area contributed by atoms with Gasteiger partial charge in [-0.1, -0.05) is 18.2 Å². The lowest BCUT2D eigenvalue weighted by Gasteiger charge is -2.11. The quantitative estimate of drug-likeness (QED) is 0.472. The Balaban J connectivity index is 2.34. The lowest BCUT2D eigenvalue weighted by molar-refractivity contribution is -0.136. The second kappa shape index (κ2) is 5.27. The zero-order valence-corrected chi connectivity index (χ0v) is 11.2. The summed E-state index contributed by atoms with van der Waals surface area (Å²) in [7, 11) is 0. The summed E-state index contributed by atoms with van der Waals surface area (Å²) in [4.78, 5) is 36.1. The average Bonchev–Trinajstić information content (AvgIpc) is 2.65. The number of esters is 1. The largest absolute Gasteiger partial charge is 0.430 e. The number of allylic oxidation sites excluding steroid dienone is 1. The number of nitrogens with zero attached hydrogens (tertiary/aromatic N) is 1. The van der Waals surface area contributed by atoms with Crippen LogP contribution in [0.2, 0.25) is 0 Å². The van der Waals surface area contributed by atoms with Crippen LogP contribution in [-0.2, 0) is 14.3 Å². The molecule has 0 radical (unpaired) electrons. The Bertz CT molecular complexity index is 580. The van der Waals surface area contributed by atoms with Crippen LogP contribution in [0.5, 0.6) is 0 Å². The molecule has 98 valence electrons. The molecule has 0 saturated carbocycles. The summed E-state index contributed by atoms with van der Waals surface area (Å²) in [6.45, 7) is 2.73. The van der Waals surface area contributed by atoms with Crippen LogP contribution < -0.4 is 4.90 Å². The van der Waals surface area contributed by atoms with E-state index in [1.54, 1.807) is 30.3 Å². The van der Waals surface area contributed by atoms with E-state index in [0.29, 0.717) is 5.69 Å². The van der Waals surface area contributed by atoms with E-state index in [9.17, 15) is 14.4 Å². The van der Waals surface area contributed by atoms with Crippen LogP contribution in [0.1, 0.15) is 13.8 Å². The van der Waals surface area contributed by atoms with Crippen molar-refractivity contribution >= 4 is 34.6 Å². The molecule has 19 heavy (non-hydrogen) atoms. The first-order valence-electron chi connectivity index (χ1n) is 5.51. The molecule has 0 unspecified atom stereocenters. The van der Waals surface area contributed by atoms with E-state index in [2.05, 4.69) is 0 Å². The Morgan fingerprint density at radius 1 is 1.16 bits per heavy atom. The number of rotatable bonds is 2. The van der Waals surface area contributed by atoms with Crippen molar-refractivity contribution in [3.63, 3.8) is 0 Å². The predicted octanol–water partition coefficient (Wildman–Crippen LogP) is 2.68. The SMILES string of the molecule is CC(=O)O/C(C)=C1/SC(=O)N(c2ccccc2)C1=O. The monoisotopic (exact) mass is 277 g/mol. The standard InChI is InChI=1S/C13H11NO4S/c1-8(18-9(2)15)11-12(16)14(13(17)19-11)10-6-4-3-5-7-10/h3-7H,1-2H3/b11-8+. The number of ether oxygens (including phenoxy) is 1. The number of benzene rings is 1. The highest BCUT2D eigenvalue weighted by Crippen LogP contribution is 2.36. The Morgan fingerprint density at radius 3 is 2.37 bits per heavy atom. The number of thioether (sulfide) groups is 1. The van der Waals surface area contributed by atoms with E-state index in [1.807, 2.05) is 0 Å². The zero-order valence-electron chi connectivity index (χ0n) is 10.4. The van der Waals surface area contributed by atoms with Gasteiger partial charge in [0.2, 0.25) is 0 Å². The molecule has 0 aromatic heterocycles. The molecule has 0 spiro atoms. The van der Waals surface area contributed by atoms with Crippen LogP contribution in [-0.4, -0.2) is 17.1 Å². The van der Waals surface area contributed by atoms with Crippen molar-refractivity contribution in [2.24, 2.45) is 0 Å². The van der Waals surface area contributed by atoms with Crippen molar-refractivity contribution in [1.29, 1.82) is 0 Å². The number of para-hydroxylation sites is 1. The number of anilines is 1. The first kappa shape index (κ1) is 13.4. The topological polar surface area (TPSA) is 63.7 Å². The van der Waals surface area contributed by atoms with Crippen LogP contribution in [0.3, 0.4) is 0 Å². The van der Waals surface area contributed by atoms with Gasteiger partial charge in [-0.25, -0.2) is 4.90 Å². The summed E-state index contributed by atoms with van der Waals surface area (Å²) in [5, 5.41) is -0.405. The lowest BCUT2D eigenvalue weighted by atomic mass is 10.3. The van der Waals surface area contributed by atoms with Crippen LogP contribution in [0, 0.1) is 0 Å². The van der Waals surface area contributed by atoms with Crippen molar-refractivity contribution in [2.75, 3.05) is 4.90 Å². The third kappa shape index (κ3) is 2.68. The summed E-state index contributed by atoms with van der Waals surface area (Å²) in [5.74, 6) is -0.849. The van der Waals surface area contributed by atoms with Gasteiger partial charge >= 0.3 is 5.97 Å². The van der Waals surface area contributed by atoms with Crippen molar-refractivity contribution in [3.05, 3.63) is 41.0 Å². The van der Waals surface area contributed by atoms with Gasteiger partial charge in [0.15, 0.2) is 0 Å². The van der Waals surface area contributed by atoms with Gasteiger partial charge in [0.05, 0.1) is 5.69 Å². The molecule has 5 nitrogen and oxygen atoms in total. The van der Waals surface area contributed by atoms with Crippen molar-refractivity contribution in [3.8, 4) is 0 Å². The molecular weight excluding hydrogens is 266 g/mol. The van der Waals surface area contributed by atoms with Gasteiger partial charge in [-0.2, -0.15) is 0 Å². The zero-order chi connectivity index (χ0) is 14.0. The lowest BCUT2D eigenvalue weighted by Crippen LogP contribution is -2.27. The molecule has 2 rings (SSSR count). The molecule has 1 aromatic carbocycles. The van der Waals surface area contributed by atoms with E-state index in [-0.39, 0.29) is 10.7 Å². The number of imide groups is 1. The number of hydrogen-bond acceptors (Lipinski definition) is 5. The average molecular weight is 277 g/mol. The van der Waals surface area contributed by atoms with Gasteiger partial charge in [0.1, 0.15) is 10.7 Å². The summed E-state index contributed by atoms with van der Waals surface area (Å²) in [5.41, 5.74) is 0.496. The molecule has 0 N–H and O–H groups in total. The molecule has 0 bridgehead atoms. The third-order valence-corrected chi connectivity index (χ3v) is 3.42. The highest BCUT2D eigenvalue weighted by atomic mass is 32.2. The summed E-state index contributed by atoms with van der Waals surface area (Å²) in [6, 6.07) is 8.60. The summed E-state index contributed by atoms with van der Waals surface area (Å²) in [6.07, 6.45) is 0. The van der Waals surface area contributed by atoms with Gasteiger partial charge in [-0.3, -0.25) is 14.4 Å². The predicted molar refractivity (Wildman–Crippen MR) is 71.4 cm³/mol. The molecule has 0 atom stereocenters. The van der Waals surface area contributed by atoms with Gasteiger partial charge in [0.25, 0.3) is 11.1 Å². The molecule has 6 heteroatoms. The fraction of sp³-hybridized carbons (Fsp3) is 0.154. The number of carbonyl (C=O) groups is 3. The molecule has 1 heterocycles. The van der Waals surface area contributed by atoms with Crippen LogP contribution in [0.25, 0.3) is 0 Å². The minimum Gasteiger partial charge on any atom is -0.430 e. The summed E-state index contributed by atoms with van der Waals surface area (Å²) >= 11 is 0.767. The van der Waals surface area contributed by atoms with E-state index < -0.39 is 17.1 Å². The third-order valence-electron chi connectivity index (χ3n) is 2.40. The van der Waals surface area contributed by atoms with Gasteiger partial charge in [-0.05, 0) is 30.8 Å². The van der Waals surface area contributed by atoms with Gasteiger partial charge in [0, 0.05) is 6.92 Å². The van der Waals surface area contributed by atoms with Crippen LogP contribution in [0.4, 0.5) is 10.5 Å². The number of hydrogen-bond donors (Lipinski definition) is 0. The fourth-order valence-corrected chi connectivity index (χ4v) is 2.46. The maximum Gasteiger partial charge on any atom is 0.307 e. The molecular formula is C13H11NO4S. The minimum absolute atomic E-state index is 0.143. The highest BCUT2D eigenvalue weighted by Gasteiger charge is 2.38. The van der Waals surface area contributed by atoms with E-state index >= 15 is 0 Å². The van der Waals surface area contributed by atoms with Gasteiger partial charge in [-0.15, -0.1) is 0 Å². The smallest absolute Gasteiger partial charge is 0.307 e. The van der Waals surface area contributed by atoms with Crippen LogP contribution in [0.15, 0.2) is 41.0 Å². The van der Waals surface area contributed by atoms with Crippen molar-refractivity contribution in [2.45, 2.75) is 13.8 Å². The van der Waals surface area contributed by atoms with E-state index in [0.717, 1.165) is 16.7 Å². The molecule has 0 aliphatic carbocycles. The second-order valence-corrected chi connectivity index (χ2v) is 4.78. The fourth-order valence-electron chi connectivity index (χ4n) is 1.65. The molecule has 1 saturated heterocycles. The highest BCUT2D eigenvalue weighted by molar-refractivity contribution is 8.18. The molecule has 1 aromatic rings. The second-order valence-electron chi connectivity index (χ2n) is 3.82. The first-order chi connectivity index (χ1) is 9.00. The first-order valence-corrected chi connectivity index (χ1v) is 6.33. The Labute approximate surface area is 114 Å². The normalized spacial score (nSPS) is 17.7.